The minimum atomic E-state index is -4.00. The summed E-state index contributed by atoms with van der Waals surface area (Å²) in [7, 11) is -2.47. The number of nitrogens with zero attached hydrogens (tertiary/aromatic N) is 2. The van der Waals surface area contributed by atoms with Gasteiger partial charge in [0.1, 0.15) is 0 Å². The van der Waals surface area contributed by atoms with Gasteiger partial charge in [-0.15, -0.1) is 0 Å². The van der Waals surface area contributed by atoms with Gasteiger partial charge in [0.25, 0.3) is 11.6 Å². The summed E-state index contributed by atoms with van der Waals surface area (Å²) in [4.78, 5) is 22.1. The number of nitro groups is 1. The monoisotopic (exact) mass is 437 g/mol. The zero-order valence-corrected chi connectivity index (χ0v) is 17.5. The highest BCUT2D eigenvalue weighted by atomic mass is 35.5. The van der Waals surface area contributed by atoms with Crippen LogP contribution in [0, 0.1) is 17.0 Å². The minimum absolute atomic E-state index is 0.0310. The molecule has 1 fully saturated rings. The Balaban J connectivity index is 1.95. The third-order valence-electron chi connectivity index (χ3n) is 4.83. The van der Waals surface area contributed by atoms with Gasteiger partial charge < -0.3 is 5.32 Å². The van der Waals surface area contributed by atoms with Crippen molar-refractivity contribution in [2.24, 2.45) is 0 Å². The lowest BCUT2D eigenvalue weighted by Gasteiger charge is -2.22. The molecule has 0 radical (unpaired) electrons. The summed E-state index contributed by atoms with van der Waals surface area (Å²) >= 11 is 6.06. The molecular formula is C19H20ClN3O5S. The smallest absolute Gasteiger partial charge is 0.275 e. The van der Waals surface area contributed by atoms with Crippen molar-refractivity contribution in [3.63, 3.8) is 0 Å². The lowest BCUT2D eigenvalue weighted by atomic mass is 10.1. The second kappa shape index (κ2) is 8.10. The summed E-state index contributed by atoms with van der Waals surface area (Å²) in [6.45, 7) is 1.57. The van der Waals surface area contributed by atoms with Crippen molar-refractivity contribution >= 4 is 33.2 Å². The fourth-order valence-corrected chi connectivity index (χ4v) is 4.97. The molecule has 1 amide bonds. The summed E-state index contributed by atoms with van der Waals surface area (Å²) in [5, 5.41) is 13.8. The molecule has 0 bridgehead atoms. The van der Waals surface area contributed by atoms with E-state index in [1.165, 1.54) is 24.3 Å². The van der Waals surface area contributed by atoms with Gasteiger partial charge in [0.2, 0.25) is 10.0 Å². The van der Waals surface area contributed by atoms with Crippen LogP contribution in [0.2, 0.25) is 5.02 Å². The fraction of sp³-hybridized carbons (Fsp3) is 0.316. The Morgan fingerprint density at radius 1 is 1.28 bits per heavy atom. The lowest BCUT2D eigenvalue weighted by molar-refractivity contribution is -0.385. The summed E-state index contributed by atoms with van der Waals surface area (Å²) in [5.74, 6) is -0.232. The molecule has 0 atom stereocenters. The highest BCUT2D eigenvalue weighted by Gasteiger charge is 2.39. The maximum Gasteiger partial charge on any atom is 0.275 e. The van der Waals surface area contributed by atoms with Crippen LogP contribution in [-0.4, -0.2) is 36.6 Å². The molecule has 0 aliphatic heterocycles. The van der Waals surface area contributed by atoms with Crippen LogP contribution in [0.4, 0.5) is 5.69 Å². The number of sulfonamides is 1. The summed E-state index contributed by atoms with van der Waals surface area (Å²) < 4.78 is 27.9. The number of carbonyl (C=O) groups is 1. The van der Waals surface area contributed by atoms with Crippen LogP contribution in [0.3, 0.4) is 0 Å². The average Bonchev–Trinajstić information content (AvgIpc) is 3.52. The quantitative estimate of drug-likeness (QED) is 0.528. The van der Waals surface area contributed by atoms with E-state index in [0.717, 1.165) is 18.9 Å². The van der Waals surface area contributed by atoms with Crippen LogP contribution in [0.25, 0.3) is 0 Å². The Morgan fingerprint density at radius 2 is 1.90 bits per heavy atom. The van der Waals surface area contributed by atoms with Gasteiger partial charge in [0.05, 0.1) is 14.8 Å². The van der Waals surface area contributed by atoms with Crippen molar-refractivity contribution < 1.29 is 18.1 Å². The molecular weight excluding hydrogens is 418 g/mol. The lowest BCUT2D eigenvalue weighted by Crippen LogP contribution is -2.32. The van der Waals surface area contributed by atoms with E-state index in [9.17, 15) is 23.3 Å². The number of amides is 1. The van der Waals surface area contributed by atoms with Gasteiger partial charge in [0, 0.05) is 36.8 Å². The first-order valence-electron chi connectivity index (χ1n) is 8.92. The van der Waals surface area contributed by atoms with E-state index < -0.39 is 14.9 Å². The fourth-order valence-electron chi connectivity index (χ4n) is 2.97. The Labute approximate surface area is 173 Å². The van der Waals surface area contributed by atoms with Crippen LogP contribution < -0.4 is 5.32 Å². The zero-order chi connectivity index (χ0) is 21.3. The first-order valence-corrected chi connectivity index (χ1v) is 10.7. The number of nitro benzene ring substituents is 1. The molecule has 1 aliphatic rings. The third-order valence-corrected chi connectivity index (χ3v) is 7.10. The van der Waals surface area contributed by atoms with Gasteiger partial charge in [-0.2, -0.15) is 4.31 Å². The Hall–Kier alpha value is -2.49. The van der Waals surface area contributed by atoms with Gasteiger partial charge in [-0.05, 0) is 43.5 Å². The molecule has 0 spiro atoms. The molecule has 1 aliphatic carbocycles. The molecule has 8 nitrogen and oxygen atoms in total. The molecule has 1 N–H and O–H groups in total. The van der Waals surface area contributed by atoms with E-state index in [0.29, 0.717) is 11.1 Å². The molecule has 0 unspecified atom stereocenters. The molecule has 10 heteroatoms. The van der Waals surface area contributed by atoms with Crippen LogP contribution in [-0.2, 0) is 16.6 Å². The maximum atomic E-state index is 13.3. The molecule has 0 saturated heterocycles. The molecule has 3 rings (SSSR count). The standard InChI is InChI=1S/C19H20ClN3O5S/c1-12-17(20)9-16(10-18(12)23(25)26)29(27,28)22(15-7-8-15)11-13-3-5-14(6-4-13)19(24)21-2/h3-6,9-10,15H,7-8,11H2,1-2H3,(H,21,24). The number of rotatable bonds is 7. The second-order valence-electron chi connectivity index (χ2n) is 6.86. The summed E-state index contributed by atoms with van der Waals surface area (Å²) in [6, 6.07) is 8.78. The van der Waals surface area contributed by atoms with Gasteiger partial charge in [-0.3, -0.25) is 14.9 Å². The van der Waals surface area contributed by atoms with Gasteiger partial charge in [0.15, 0.2) is 0 Å². The first kappa shape index (κ1) is 21.2. The van der Waals surface area contributed by atoms with E-state index in [1.54, 1.807) is 24.3 Å². The molecule has 0 heterocycles. The van der Waals surface area contributed by atoms with E-state index >= 15 is 0 Å². The van der Waals surface area contributed by atoms with Gasteiger partial charge in [-0.25, -0.2) is 8.42 Å². The number of halogens is 1. The van der Waals surface area contributed by atoms with Gasteiger partial charge >= 0.3 is 0 Å². The minimum Gasteiger partial charge on any atom is -0.355 e. The maximum absolute atomic E-state index is 13.3. The van der Waals surface area contributed by atoms with E-state index in [-0.39, 0.29) is 39.7 Å². The predicted molar refractivity (Wildman–Crippen MR) is 108 cm³/mol. The molecule has 29 heavy (non-hydrogen) atoms. The van der Waals surface area contributed by atoms with Crippen molar-refractivity contribution in [3.05, 3.63) is 68.2 Å². The van der Waals surface area contributed by atoms with Crippen LogP contribution in [0.5, 0.6) is 0 Å². The molecule has 0 aromatic heterocycles. The molecule has 2 aromatic carbocycles. The van der Waals surface area contributed by atoms with Crippen LogP contribution in [0.1, 0.15) is 34.3 Å². The topological polar surface area (TPSA) is 110 Å². The summed E-state index contributed by atoms with van der Waals surface area (Å²) in [6.07, 6.45) is 1.44. The largest absolute Gasteiger partial charge is 0.355 e. The van der Waals surface area contributed by atoms with Crippen molar-refractivity contribution in [2.45, 2.75) is 37.2 Å². The number of benzene rings is 2. The number of carbonyl (C=O) groups excluding carboxylic acids is 1. The van der Waals surface area contributed by atoms with Gasteiger partial charge in [-0.1, -0.05) is 23.7 Å². The molecule has 1 saturated carbocycles. The predicted octanol–water partition coefficient (Wildman–Crippen LogP) is 3.27. The highest BCUT2D eigenvalue weighted by Crippen LogP contribution is 2.36. The van der Waals surface area contributed by atoms with Crippen molar-refractivity contribution in [1.82, 2.24) is 9.62 Å². The van der Waals surface area contributed by atoms with Crippen LogP contribution in [0.15, 0.2) is 41.3 Å². The molecule has 2 aromatic rings. The van der Waals surface area contributed by atoms with E-state index in [1.807, 2.05) is 0 Å². The average molecular weight is 438 g/mol. The summed E-state index contributed by atoms with van der Waals surface area (Å²) in [5.41, 5.74) is 1.07. The van der Waals surface area contributed by atoms with Crippen molar-refractivity contribution in [3.8, 4) is 0 Å². The highest BCUT2D eigenvalue weighted by molar-refractivity contribution is 7.89. The first-order chi connectivity index (χ1) is 13.6. The number of nitrogens with one attached hydrogen (secondary N) is 1. The van der Waals surface area contributed by atoms with Crippen LogP contribution >= 0.6 is 11.6 Å². The van der Waals surface area contributed by atoms with Crippen molar-refractivity contribution in [1.29, 1.82) is 0 Å². The Morgan fingerprint density at radius 3 is 2.41 bits per heavy atom. The number of hydrogen-bond donors (Lipinski definition) is 1. The van der Waals surface area contributed by atoms with Crippen molar-refractivity contribution in [2.75, 3.05) is 7.05 Å². The second-order valence-corrected chi connectivity index (χ2v) is 9.16. The normalized spacial score (nSPS) is 14.1. The zero-order valence-electron chi connectivity index (χ0n) is 15.9. The van der Waals surface area contributed by atoms with E-state index in [4.69, 9.17) is 11.6 Å². The molecule has 154 valence electrons. The van der Waals surface area contributed by atoms with E-state index in [2.05, 4.69) is 5.32 Å². The Kier molecular flexibility index (Phi) is 5.92. The SMILES string of the molecule is CNC(=O)c1ccc(CN(C2CC2)S(=O)(=O)c2cc(Cl)c(C)c([N+](=O)[O-])c2)cc1. The number of hydrogen-bond acceptors (Lipinski definition) is 5. The third kappa shape index (κ3) is 4.42. The Bertz CT molecular complexity index is 1070.